The van der Waals surface area contributed by atoms with Gasteiger partial charge in [-0.25, -0.2) is 4.39 Å². The van der Waals surface area contributed by atoms with Gasteiger partial charge in [-0.05, 0) is 43.5 Å². The van der Waals surface area contributed by atoms with Crippen LogP contribution in [0.25, 0.3) is 0 Å². The Labute approximate surface area is 143 Å². The van der Waals surface area contributed by atoms with E-state index in [0.29, 0.717) is 18.0 Å². The number of nitrogens with two attached hydrogens (primary N) is 1. The van der Waals surface area contributed by atoms with Crippen LogP contribution in [0.5, 0.6) is 0 Å². The first-order valence-corrected chi connectivity index (χ1v) is 7.55. The molecule has 0 saturated carbocycles. The van der Waals surface area contributed by atoms with Gasteiger partial charge in [0.1, 0.15) is 5.82 Å². The van der Waals surface area contributed by atoms with Crippen molar-refractivity contribution in [1.29, 1.82) is 0 Å². The molecule has 0 bridgehead atoms. The molecule has 6 heteroatoms. The number of hydrogen-bond donors (Lipinski definition) is 2. The van der Waals surface area contributed by atoms with Gasteiger partial charge in [-0.2, -0.15) is 0 Å². The summed E-state index contributed by atoms with van der Waals surface area (Å²) in [6.07, 6.45) is 0.977. The van der Waals surface area contributed by atoms with Gasteiger partial charge < -0.3 is 11.1 Å². The normalized spacial score (nSPS) is 13.1. The highest BCUT2D eigenvalue weighted by Crippen LogP contribution is 2.16. The molecule has 0 aliphatic rings. The number of hydrogen-bond acceptors (Lipinski definition) is 3. The molecule has 1 atom stereocenters. The van der Waals surface area contributed by atoms with E-state index < -0.39 is 5.54 Å². The van der Waals surface area contributed by atoms with Crippen LogP contribution in [0.4, 0.5) is 4.39 Å². The molecule has 130 valence electrons. The Balaban J connectivity index is 0.00000484. The van der Waals surface area contributed by atoms with E-state index in [1.54, 1.807) is 0 Å². The van der Waals surface area contributed by atoms with Crippen molar-refractivity contribution in [2.45, 2.75) is 45.6 Å². The molecule has 1 rings (SSSR count). The molecule has 0 aliphatic carbocycles. The van der Waals surface area contributed by atoms with Gasteiger partial charge in [-0.15, -0.1) is 12.4 Å². The highest BCUT2D eigenvalue weighted by molar-refractivity contribution is 5.97. The molecule has 0 aromatic heterocycles. The summed E-state index contributed by atoms with van der Waals surface area (Å²) in [6, 6.07) is 5.33. The first kappa shape index (κ1) is 21.5. The van der Waals surface area contributed by atoms with Crippen molar-refractivity contribution < 1.29 is 14.0 Å². The molecule has 0 aliphatic heterocycles. The topological polar surface area (TPSA) is 72.2 Å². The van der Waals surface area contributed by atoms with Crippen molar-refractivity contribution in [3.05, 3.63) is 35.6 Å². The summed E-state index contributed by atoms with van der Waals surface area (Å²) < 4.78 is 12.8. The van der Waals surface area contributed by atoms with Crippen molar-refractivity contribution in [3.8, 4) is 0 Å². The summed E-state index contributed by atoms with van der Waals surface area (Å²) in [6.45, 7) is 6.39. The number of rotatable bonds is 8. The maximum absolute atomic E-state index is 12.8. The summed E-state index contributed by atoms with van der Waals surface area (Å²) in [7, 11) is 0. The number of carbonyl (C=O) groups excluding carboxylic acids is 2. The lowest BCUT2D eigenvalue weighted by atomic mass is 9.90. The Bertz CT molecular complexity index is 520. The van der Waals surface area contributed by atoms with Crippen molar-refractivity contribution in [2.75, 3.05) is 6.54 Å². The SMILES string of the molecule is CC(C)CC(C)(CN)NC(=O)CCC(=O)c1ccc(F)cc1.Cl. The largest absolute Gasteiger partial charge is 0.350 e. The van der Waals surface area contributed by atoms with Crippen molar-refractivity contribution >= 4 is 24.1 Å². The number of ketones is 1. The lowest BCUT2D eigenvalue weighted by Crippen LogP contribution is -2.52. The quantitative estimate of drug-likeness (QED) is 0.712. The average Bonchev–Trinajstić information content (AvgIpc) is 2.44. The van der Waals surface area contributed by atoms with E-state index in [2.05, 4.69) is 19.2 Å². The molecule has 0 radical (unpaired) electrons. The van der Waals surface area contributed by atoms with E-state index in [4.69, 9.17) is 5.73 Å². The Hall–Kier alpha value is -1.46. The van der Waals surface area contributed by atoms with E-state index in [0.717, 1.165) is 6.42 Å². The minimum absolute atomic E-state index is 0. The predicted molar refractivity (Wildman–Crippen MR) is 92.3 cm³/mol. The predicted octanol–water partition coefficient (Wildman–Crippen LogP) is 3.09. The second-order valence-corrected chi connectivity index (χ2v) is 6.34. The molecule has 0 spiro atoms. The smallest absolute Gasteiger partial charge is 0.220 e. The number of carbonyl (C=O) groups is 2. The zero-order chi connectivity index (χ0) is 16.8. The number of benzene rings is 1. The standard InChI is InChI=1S/C17H25FN2O2.ClH/c1-12(2)10-17(3,11-19)20-16(22)9-8-15(21)13-4-6-14(18)7-5-13;/h4-7,12H,8-11,19H2,1-3H3,(H,20,22);1H. The third-order valence-electron chi connectivity index (χ3n) is 3.50. The lowest BCUT2D eigenvalue weighted by molar-refractivity contribution is -0.122. The molecule has 4 nitrogen and oxygen atoms in total. The van der Waals surface area contributed by atoms with Gasteiger partial charge in [0.25, 0.3) is 0 Å². The molecule has 23 heavy (non-hydrogen) atoms. The van der Waals surface area contributed by atoms with E-state index in [1.165, 1.54) is 24.3 Å². The molecule has 0 saturated heterocycles. The zero-order valence-electron chi connectivity index (χ0n) is 13.9. The number of Topliss-reactive ketones (excluding diaryl/α,β-unsaturated/α-hetero) is 1. The third-order valence-corrected chi connectivity index (χ3v) is 3.50. The van der Waals surface area contributed by atoms with Crippen LogP contribution in [0.2, 0.25) is 0 Å². The zero-order valence-corrected chi connectivity index (χ0v) is 14.7. The minimum atomic E-state index is -0.454. The van der Waals surface area contributed by atoms with Crippen molar-refractivity contribution in [2.24, 2.45) is 11.7 Å². The maximum atomic E-state index is 12.8. The van der Waals surface area contributed by atoms with Gasteiger partial charge in [-0.1, -0.05) is 13.8 Å². The molecule has 0 fully saturated rings. The van der Waals surface area contributed by atoms with E-state index in [1.807, 2.05) is 6.92 Å². The molecule has 1 amide bonds. The van der Waals surface area contributed by atoms with Gasteiger partial charge in [-0.3, -0.25) is 9.59 Å². The van der Waals surface area contributed by atoms with Crippen molar-refractivity contribution in [3.63, 3.8) is 0 Å². The number of amides is 1. The van der Waals surface area contributed by atoms with Crippen LogP contribution in [-0.4, -0.2) is 23.8 Å². The monoisotopic (exact) mass is 344 g/mol. The van der Waals surface area contributed by atoms with E-state index in [9.17, 15) is 14.0 Å². The van der Waals surface area contributed by atoms with Crippen LogP contribution < -0.4 is 11.1 Å². The van der Waals surface area contributed by atoms with Crippen LogP contribution in [0.1, 0.15) is 50.4 Å². The second kappa shape index (κ2) is 9.63. The Morgan fingerprint density at radius 2 is 1.78 bits per heavy atom. The van der Waals surface area contributed by atoms with Crippen LogP contribution in [0.15, 0.2) is 24.3 Å². The summed E-state index contributed by atoms with van der Waals surface area (Å²) >= 11 is 0. The van der Waals surface area contributed by atoms with Crippen molar-refractivity contribution in [1.82, 2.24) is 5.32 Å². The van der Waals surface area contributed by atoms with Gasteiger partial charge in [0.15, 0.2) is 5.78 Å². The fourth-order valence-electron chi connectivity index (χ4n) is 2.49. The second-order valence-electron chi connectivity index (χ2n) is 6.34. The summed E-state index contributed by atoms with van der Waals surface area (Å²) in [5.74, 6) is -0.339. The molecule has 3 N–H and O–H groups in total. The highest BCUT2D eigenvalue weighted by Gasteiger charge is 2.25. The Morgan fingerprint density at radius 3 is 2.26 bits per heavy atom. The molecule has 1 aromatic carbocycles. The fourth-order valence-corrected chi connectivity index (χ4v) is 2.49. The number of nitrogens with one attached hydrogen (secondary N) is 1. The van der Waals surface area contributed by atoms with E-state index >= 15 is 0 Å². The maximum Gasteiger partial charge on any atom is 0.220 e. The Kier molecular flexibility index (Phi) is 9.02. The molecule has 1 unspecified atom stereocenters. The molecular weight excluding hydrogens is 319 g/mol. The van der Waals surface area contributed by atoms with Gasteiger partial charge in [0.2, 0.25) is 5.91 Å². The van der Waals surface area contributed by atoms with E-state index in [-0.39, 0.29) is 42.8 Å². The summed E-state index contributed by atoms with van der Waals surface area (Å²) in [5, 5.41) is 2.91. The average molecular weight is 345 g/mol. The van der Waals surface area contributed by atoms with Crippen LogP contribution >= 0.6 is 12.4 Å². The first-order valence-electron chi connectivity index (χ1n) is 7.55. The van der Waals surface area contributed by atoms with Crippen LogP contribution in [0, 0.1) is 11.7 Å². The summed E-state index contributed by atoms with van der Waals surface area (Å²) in [4.78, 5) is 24.0. The van der Waals surface area contributed by atoms with Crippen LogP contribution in [-0.2, 0) is 4.79 Å². The van der Waals surface area contributed by atoms with Gasteiger partial charge in [0, 0.05) is 30.5 Å². The first-order chi connectivity index (χ1) is 10.3. The van der Waals surface area contributed by atoms with Gasteiger partial charge >= 0.3 is 0 Å². The highest BCUT2D eigenvalue weighted by atomic mass is 35.5. The fraction of sp³-hybridized carbons (Fsp3) is 0.529. The number of halogens is 2. The molecule has 1 aromatic rings. The lowest BCUT2D eigenvalue weighted by Gasteiger charge is -2.31. The van der Waals surface area contributed by atoms with Crippen LogP contribution in [0.3, 0.4) is 0 Å². The van der Waals surface area contributed by atoms with Gasteiger partial charge in [0.05, 0.1) is 0 Å². The third kappa shape index (κ3) is 7.57. The molecule has 0 heterocycles. The molecular formula is C17H26ClFN2O2. The summed E-state index contributed by atoms with van der Waals surface area (Å²) in [5.41, 5.74) is 5.71. The Morgan fingerprint density at radius 1 is 1.22 bits per heavy atom. The minimum Gasteiger partial charge on any atom is -0.350 e.